The molecule has 0 radical (unpaired) electrons. The van der Waals surface area contributed by atoms with Gasteiger partial charge in [0, 0.05) is 13.1 Å². The molecule has 0 unspecified atom stereocenters. The average Bonchev–Trinajstić information content (AvgIpc) is 2.98. The van der Waals surface area contributed by atoms with E-state index < -0.39 is 0 Å². The molecule has 27 heavy (non-hydrogen) atoms. The summed E-state index contributed by atoms with van der Waals surface area (Å²) in [6.45, 7) is 7.46. The van der Waals surface area contributed by atoms with Crippen LogP contribution in [0.3, 0.4) is 0 Å². The first-order valence-electron chi connectivity index (χ1n) is 9.12. The normalized spacial score (nSPS) is 11.4. The van der Waals surface area contributed by atoms with Gasteiger partial charge in [-0.2, -0.15) is 0 Å². The Bertz CT molecular complexity index is 771. The largest absolute Gasteiger partial charge is 0.490 e. The second-order valence-corrected chi connectivity index (χ2v) is 6.32. The van der Waals surface area contributed by atoms with Crippen LogP contribution >= 0.6 is 0 Å². The molecule has 0 spiro atoms. The molecule has 6 nitrogen and oxygen atoms in total. The lowest BCUT2D eigenvalue weighted by Crippen LogP contribution is -2.03. The van der Waals surface area contributed by atoms with E-state index in [2.05, 4.69) is 36.2 Å². The minimum absolute atomic E-state index is 0.594. The van der Waals surface area contributed by atoms with Gasteiger partial charge in [0.1, 0.15) is 19.5 Å². The predicted molar refractivity (Wildman–Crippen MR) is 108 cm³/mol. The van der Waals surface area contributed by atoms with Crippen molar-refractivity contribution in [1.82, 2.24) is 9.78 Å². The molecule has 0 saturated heterocycles. The lowest BCUT2D eigenvalue weighted by molar-refractivity contribution is 0.215. The maximum absolute atomic E-state index is 5.77. The first-order chi connectivity index (χ1) is 13.0. The molecule has 0 N–H and O–H groups in total. The van der Waals surface area contributed by atoms with E-state index in [1.54, 1.807) is 10.9 Å². The quantitative estimate of drug-likeness (QED) is 0.274. The maximum atomic E-state index is 5.77. The molecule has 6 heteroatoms. The number of oxime groups is 1. The molecule has 0 aliphatic carbocycles. The molecule has 0 bridgehead atoms. The van der Waals surface area contributed by atoms with Crippen LogP contribution in [0, 0.1) is 13.8 Å². The van der Waals surface area contributed by atoms with E-state index in [4.69, 9.17) is 14.3 Å². The first kappa shape index (κ1) is 20.6. The molecular formula is C21H29N3O3. The summed E-state index contributed by atoms with van der Waals surface area (Å²) in [5.41, 5.74) is 4.68. The van der Waals surface area contributed by atoms with Crippen LogP contribution in [0.5, 0.6) is 11.6 Å². The molecule has 1 heterocycles. The molecule has 0 saturated carbocycles. The highest BCUT2D eigenvalue weighted by Gasteiger charge is 2.08. The van der Waals surface area contributed by atoms with Crippen molar-refractivity contribution in [2.24, 2.45) is 12.2 Å². The van der Waals surface area contributed by atoms with Gasteiger partial charge in [-0.1, -0.05) is 17.3 Å². The number of nitrogens with zero attached hydrogens (tertiary/aromatic N) is 3. The van der Waals surface area contributed by atoms with Gasteiger partial charge in [0.2, 0.25) is 5.88 Å². The van der Waals surface area contributed by atoms with Crippen molar-refractivity contribution in [3.8, 4) is 11.6 Å². The van der Waals surface area contributed by atoms with E-state index >= 15 is 0 Å². The third kappa shape index (κ3) is 6.16. The van der Waals surface area contributed by atoms with Gasteiger partial charge in [-0.25, -0.2) is 0 Å². The van der Waals surface area contributed by atoms with Crippen LogP contribution < -0.4 is 9.47 Å². The Labute approximate surface area is 161 Å². The molecule has 2 aromatic rings. The average molecular weight is 371 g/mol. The molecular weight excluding hydrogens is 342 g/mol. The highest BCUT2D eigenvalue weighted by molar-refractivity contribution is 5.77. The Morgan fingerprint density at radius 3 is 2.56 bits per heavy atom. The van der Waals surface area contributed by atoms with E-state index in [-0.39, 0.29) is 0 Å². The fraction of sp³-hybridized carbons (Fsp3) is 0.429. The fourth-order valence-corrected chi connectivity index (χ4v) is 2.85. The van der Waals surface area contributed by atoms with Gasteiger partial charge in [0.15, 0.2) is 0 Å². The van der Waals surface area contributed by atoms with Crippen LogP contribution in [0.15, 0.2) is 35.5 Å². The molecule has 0 atom stereocenters. The van der Waals surface area contributed by atoms with Crippen molar-refractivity contribution >= 4 is 6.21 Å². The Morgan fingerprint density at radius 1 is 1.15 bits per heavy atom. The van der Waals surface area contributed by atoms with Crippen molar-refractivity contribution in [2.75, 3.05) is 20.3 Å². The lowest BCUT2D eigenvalue weighted by atomic mass is 9.98. The van der Waals surface area contributed by atoms with Crippen molar-refractivity contribution in [2.45, 2.75) is 33.6 Å². The summed E-state index contributed by atoms with van der Waals surface area (Å²) in [6.07, 6.45) is 7.46. The van der Waals surface area contributed by atoms with Gasteiger partial charge >= 0.3 is 0 Å². The number of hydrogen-bond acceptors (Lipinski definition) is 5. The summed E-state index contributed by atoms with van der Waals surface area (Å²) in [5, 5.41) is 8.06. The van der Waals surface area contributed by atoms with Crippen molar-refractivity contribution < 1.29 is 14.3 Å². The van der Waals surface area contributed by atoms with Crippen molar-refractivity contribution in [3.05, 3.63) is 52.7 Å². The summed E-state index contributed by atoms with van der Waals surface area (Å²) in [7, 11) is 3.35. The zero-order valence-corrected chi connectivity index (χ0v) is 16.9. The number of rotatable bonds is 10. The van der Waals surface area contributed by atoms with Crippen molar-refractivity contribution in [1.29, 1.82) is 0 Å². The zero-order valence-electron chi connectivity index (χ0n) is 16.9. The zero-order chi connectivity index (χ0) is 19.6. The standard InChI is InChI=1S/C21H29N3O3/c1-6-7-10-26-19-12-16(2)20(17(3)13-19)9-8-11-27-21-14-18(15-22-25-5)24(4)23-21/h6-7,12-15H,8-11H2,1-5H3/b7-6+,22-15+. The third-order valence-corrected chi connectivity index (χ3v) is 4.26. The van der Waals surface area contributed by atoms with Gasteiger partial charge in [0.05, 0.1) is 18.5 Å². The van der Waals surface area contributed by atoms with E-state index in [1.165, 1.54) is 23.8 Å². The molecule has 1 aromatic carbocycles. The molecule has 0 aliphatic rings. The molecule has 0 amide bonds. The highest BCUT2D eigenvalue weighted by Crippen LogP contribution is 2.23. The van der Waals surface area contributed by atoms with Gasteiger partial charge in [-0.05, 0) is 62.4 Å². The van der Waals surface area contributed by atoms with Crippen LogP contribution in [-0.2, 0) is 18.3 Å². The molecule has 146 valence electrons. The van der Waals surface area contributed by atoms with Crippen LogP contribution in [0.2, 0.25) is 0 Å². The minimum atomic E-state index is 0.594. The Morgan fingerprint density at radius 2 is 1.89 bits per heavy atom. The SMILES string of the molecule is C/C=C/COc1cc(C)c(CCCOc2cc(/C=N/OC)n(C)n2)c(C)c1. The van der Waals surface area contributed by atoms with Crippen LogP contribution in [0.4, 0.5) is 0 Å². The number of allylic oxidation sites excluding steroid dienone is 1. The van der Waals surface area contributed by atoms with E-state index in [0.29, 0.717) is 19.1 Å². The number of aryl methyl sites for hydroxylation is 3. The van der Waals surface area contributed by atoms with E-state index in [0.717, 1.165) is 24.3 Å². The molecule has 0 aliphatic heterocycles. The van der Waals surface area contributed by atoms with Gasteiger partial charge in [-0.3, -0.25) is 4.68 Å². The number of ether oxygens (including phenoxy) is 2. The summed E-state index contributed by atoms with van der Waals surface area (Å²) < 4.78 is 13.2. The Kier molecular flexibility index (Phi) is 7.92. The van der Waals surface area contributed by atoms with Gasteiger partial charge in [0.25, 0.3) is 0 Å². The number of aromatic nitrogens is 2. The van der Waals surface area contributed by atoms with Crippen LogP contribution in [-0.4, -0.2) is 36.3 Å². The minimum Gasteiger partial charge on any atom is -0.490 e. The summed E-state index contributed by atoms with van der Waals surface area (Å²) in [5.74, 6) is 1.51. The Hall–Kier alpha value is -2.76. The highest BCUT2D eigenvalue weighted by atomic mass is 16.6. The van der Waals surface area contributed by atoms with Gasteiger partial charge in [-0.15, -0.1) is 5.10 Å². The molecule has 1 aromatic heterocycles. The summed E-state index contributed by atoms with van der Waals surface area (Å²) in [6, 6.07) is 6.05. The van der Waals surface area contributed by atoms with Crippen LogP contribution in [0.25, 0.3) is 0 Å². The summed E-state index contributed by atoms with van der Waals surface area (Å²) in [4.78, 5) is 4.69. The first-order valence-corrected chi connectivity index (χ1v) is 9.12. The van der Waals surface area contributed by atoms with E-state index in [1.807, 2.05) is 32.2 Å². The third-order valence-electron chi connectivity index (χ3n) is 4.26. The smallest absolute Gasteiger partial charge is 0.233 e. The van der Waals surface area contributed by atoms with Crippen LogP contribution in [0.1, 0.15) is 35.7 Å². The number of benzene rings is 1. The molecule has 2 rings (SSSR count). The summed E-state index contributed by atoms with van der Waals surface area (Å²) >= 11 is 0. The monoisotopic (exact) mass is 371 g/mol. The van der Waals surface area contributed by atoms with Gasteiger partial charge < -0.3 is 14.3 Å². The maximum Gasteiger partial charge on any atom is 0.233 e. The second-order valence-electron chi connectivity index (χ2n) is 6.32. The lowest BCUT2D eigenvalue weighted by Gasteiger charge is -2.13. The predicted octanol–water partition coefficient (Wildman–Crippen LogP) is 3.98. The van der Waals surface area contributed by atoms with E-state index in [9.17, 15) is 0 Å². The second kappa shape index (κ2) is 10.4. The fourth-order valence-electron chi connectivity index (χ4n) is 2.85. The topological polar surface area (TPSA) is 57.9 Å². The molecule has 0 fully saturated rings. The Balaban J connectivity index is 1.87. The number of hydrogen-bond donors (Lipinski definition) is 0. The van der Waals surface area contributed by atoms with Crippen molar-refractivity contribution in [3.63, 3.8) is 0 Å².